The minimum atomic E-state index is -3.65. The average molecular weight is 479 g/mol. The van der Waals surface area contributed by atoms with Crippen LogP contribution < -0.4 is 10.1 Å². The molecule has 0 fully saturated rings. The van der Waals surface area contributed by atoms with E-state index in [1.54, 1.807) is 48.5 Å². The Morgan fingerprint density at radius 2 is 1.91 bits per heavy atom. The van der Waals surface area contributed by atoms with E-state index in [1.807, 2.05) is 6.92 Å². The second kappa shape index (κ2) is 10.6. The van der Waals surface area contributed by atoms with Crippen molar-refractivity contribution in [3.05, 3.63) is 65.0 Å². The topological polar surface area (TPSA) is 115 Å². The fourth-order valence-corrected chi connectivity index (χ4v) is 3.73. The highest BCUT2D eigenvalue weighted by atomic mass is 35.5. The molecule has 11 heteroatoms. The van der Waals surface area contributed by atoms with E-state index in [1.165, 1.54) is 0 Å². The molecule has 170 valence electrons. The van der Waals surface area contributed by atoms with E-state index in [0.717, 1.165) is 21.9 Å². The lowest BCUT2D eigenvalue weighted by atomic mass is 10.2. The molecule has 2 aromatic carbocycles. The Labute approximate surface area is 191 Å². The van der Waals surface area contributed by atoms with Gasteiger partial charge in [-0.2, -0.15) is 9.29 Å². The molecule has 1 amide bonds. The van der Waals surface area contributed by atoms with Crippen LogP contribution in [-0.2, 0) is 27.9 Å². The van der Waals surface area contributed by atoms with Gasteiger partial charge < -0.3 is 14.6 Å². The van der Waals surface area contributed by atoms with Crippen molar-refractivity contribution in [2.75, 3.05) is 19.4 Å². The zero-order valence-corrected chi connectivity index (χ0v) is 19.2. The van der Waals surface area contributed by atoms with Gasteiger partial charge in [-0.25, -0.2) is 8.42 Å². The maximum absolute atomic E-state index is 12.4. The summed E-state index contributed by atoms with van der Waals surface area (Å²) in [6.45, 7) is 2.05. The van der Waals surface area contributed by atoms with Gasteiger partial charge in [-0.15, -0.1) is 0 Å². The van der Waals surface area contributed by atoms with E-state index in [2.05, 4.69) is 15.5 Å². The van der Waals surface area contributed by atoms with Crippen molar-refractivity contribution in [1.29, 1.82) is 0 Å². The Bertz CT molecular complexity index is 1160. The Hall–Kier alpha value is -2.95. The summed E-state index contributed by atoms with van der Waals surface area (Å²) in [5.41, 5.74) is 1.34. The number of sulfonamides is 1. The van der Waals surface area contributed by atoms with Crippen molar-refractivity contribution in [1.82, 2.24) is 19.8 Å². The summed E-state index contributed by atoms with van der Waals surface area (Å²) >= 11 is 6.12. The zero-order chi connectivity index (χ0) is 23.1. The summed E-state index contributed by atoms with van der Waals surface area (Å²) in [7, 11) is -3.65. The van der Waals surface area contributed by atoms with Crippen LogP contribution >= 0.6 is 11.6 Å². The van der Waals surface area contributed by atoms with Crippen LogP contribution in [0, 0.1) is 0 Å². The monoisotopic (exact) mass is 478 g/mol. The maximum atomic E-state index is 12.4. The quantitative estimate of drug-likeness (QED) is 0.476. The number of benzene rings is 2. The van der Waals surface area contributed by atoms with Gasteiger partial charge in [0, 0.05) is 17.1 Å². The van der Waals surface area contributed by atoms with Gasteiger partial charge in [0.15, 0.2) is 0 Å². The summed E-state index contributed by atoms with van der Waals surface area (Å²) in [4.78, 5) is 16.6. The van der Waals surface area contributed by atoms with Crippen molar-refractivity contribution in [3.8, 4) is 17.1 Å². The van der Waals surface area contributed by atoms with Gasteiger partial charge >= 0.3 is 0 Å². The van der Waals surface area contributed by atoms with E-state index < -0.39 is 15.9 Å². The lowest BCUT2D eigenvalue weighted by Crippen LogP contribution is -2.39. The Balaban J connectivity index is 1.59. The van der Waals surface area contributed by atoms with Crippen molar-refractivity contribution >= 4 is 27.5 Å². The third-order valence-electron chi connectivity index (χ3n) is 4.42. The first kappa shape index (κ1) is 23.7. The number of ether oxygens (including phenoxy) is 1. The van der Waals surface area contributed by atoms with Crippen molar-refractivity contribution in [2.45, 2.75) is 20.0 Å². The van der Waals surface area contributed by atoms with Crippen LogP contribution in [0.15, 0.2) is 53.1 Å². The predicted molar refractivity (Wildman–Crippen MR) is 119 cm³/mol. The van der Waals surface area contributed by atoms with Crippen LogP contribution in [0.4, 0.5) is 0 Å². The predicted octanol–water partition coefficient (Wildman–Crippen LogP) is 2.87. The number of carbonyl (C=O) groups excluding carboxylic acids is 1. The molecule has 9 nitrogen and oxygen atoms in total. The summed E-state index contributed by atoms with van der Waals surface area (Å²) in [5, 5.41) is 6.93. The van der Waals surface area contributed by atoms with Gasteiger partial charge in [-0.1, -0.05) is 35.0 Å². The highest BCUT2D eigenvalue weighted by Crippen LogP contribution is 2.20. The molecule has 0 unspecified atom stereocenters. The van der Waals surface area contributed by atoms with Gasteiger partial charge in [-0.05, 0) is 42.8 Å². The summed E-state index contributed by atoms with van der Waals surface area (Å²) in [5.74, 6) is 0.788. The molecule has 0 bridgehead atoms. The lowest BCUT2D eigenvalue weighted by Gasteiger charge is -2.20. The first-order valence-electron chi connectivity index (χ1n) is 9.77. The second-order valence-corrected chi connectivity index (χ2v) is 9.26. The van der Waals surface area contributed by atoms with Crippen LogP contribution in [0.3, 0.4) is 0 Å². The van der Waals surface area contributed by atoms with Crippen LogP contribution in [0.5, 0.6) is 5.75 Å². The Kier molecular flexibility index (Phi) is 7.84. The molecule has 0 atom stereocenters. The third-order valence-corrected chi connectivity index (χ3v) is 5.99. The van der Waals surface area contributed by atoms with Gasteiger partial charge in [0.05, 0.1) is 26.0 Å². The fourth-order valence-electron chi connectivity index (χ4n) is 2.81. The minimum Gasteiger partial charge on any atom is -0.494 e. The number of rotatable bonds is 10. The van der Waals surface area contributed by atoms with E-state index in [4.69, 9.17) is 20.9 Å². The molecule has 1 aromatic heterocycles. The minimum absolute atomic E-state index is 0.0195. The summed E-state index contributed by atoms with van der Waals surface area (Å²) in [6.07, 6.45) is 1.04. The number of nitrogens with one attached hydrogen (secondary N) is 1. The highest BCUT2D eigenvalue weighted by molar-refractivity contribution is 7.88. The molecule has 3 aromatic rings. The maximum Gasteiger partial charge on any atom is 0.246 e. The van der Waals surface area contributed by atoms with Crippen LogP contribution in [0.1, 0.15) is 18.4 Å². The van der Waals surface area contributed by atoms with E-state index in [0.29, 0.717) is 23.0 Å². The number of nitrogens with zero attached hydrogens (tertiary/aromatic N) is 3. The zero-order valence-electron chi connectivity index (χ0n) is 17.6. The summed E-state index contributed by atoms with van der Waals surface area (Å²) in [6, 6.07) is 14.1. The smallest absolute Gasteiger partial charge is 0.246 e. The number of halogens is 1. The lowest BCUT2D eigenvalue weighted by molar-refractivity contribution is -0.121. The number of hydrogen-bond acceptors (Lipinski definition) is 7. The number of amides is 1. The van der Waals surface area contributed by atoms with Crippen LogP contribution in [0.2, 0.25) is 5.02 Å². The summed E-state index contributed by atoms with van der Waals surface area (Å²) < 4.78 is 35.9. The first-order valence-corrected chi connectivity index (χ1v) is 12.0. The molecule has 0 aliphatic heterocycles. The van der Waals surface area contributed by atoms with E-state index >= 15 is 0 Å². The average Bonchev–Trinajstić information content (AvgIpc) is 3.22. The molecule has 0 spiro atoms. The van der Waals surface area contributed by atoms with E-state index in [-0.39, 0.29) is 25.5 Å². The molecule has 32 heavy (non-hydrogen) atoms. The fraction of sp³-hybridized carbons (Fsp3) is 0.286. The standard InChI is InChI=1S/C21H23ClN4O5S/c1-3-30-17-10-8-15(9-11-17)21-24-20(31-25-21)12-23-19(27)14-26(32(2,28)29)13-16-6-4-5-7-18(16)22/h4-11H,3,12-14H2,1-2H3,(H,23,27). The molecule has 0 saturated carbocycles. The number of aromatic nitrogens is 2. The van der Waals surface area contributed by atoms with Gasteiger partial charge in [0.25, 0.3) is 0 Å². The van der Waals surface area contributed by atoms with Crippen molar-refractivity contribution in [3.63, 3.8) is 0 Å². The molecule has 0 aliphatic rings. The highest BCUT2D eigenvalue weighted by Gasteiger charge is 2.22. The molecule has 0 aliphatic carbocycles. The molecule has 1 N–H and O–H groups in total. The number of hydrogen-bond donors (Lipinski definition) is 1. The molecular formula is C21H23ClN4O5S. The normalized spacial score (nSPS) is 11.5. The second-order valence-electron chi connectivity index (χ2n) is 6.87. The SMILES string of the molecule is CCOc1ccc(-c2noc(CNC(=O)CN(Cc3ccccc3Cl)S(C)(=O)=O)n2)cc1. The molecule has 0 radical (unpaired) electrons. The Morgan fingerprint density at radius 3 is 2.56 bits per heavy atom. The van der Waals surface area contributed by atoms with Gasteiger partial charge in [0.2, 0.25) is 27.6 Å². The Morgan fingerprint density at radius 1 is 1.19 bits per heavy atom. The van der Waals surface area contributed by atoms with Crippen LogP contribution in [0.25, 0.3) is 11.4 Å². The number of carbonyl (C=O) groups is 1. The molecular weight excluding hydrogens is 456 g/mol. The third kappa shape index (κ3) is 6.52. The van der Waals surface area contributed by atoms with Gasteiger partial charge in [0.1, 0.15) is 5.75 Å². The van der Waals surface area contributed by atoms with Crippen molar-refractivity contribution < 1.29 is 22.5 Å². The van der Waals surface area contributed by atoms with E-state index in [9.17, 15) is 13.2 Å². The van der Waals surface area contributed by atoms with Crippen LogP contribution in [-0.4, -0.2) is 48.2 Å². The molecule has 1 heterocycles. The van der Waals surface area contributed by atoms with Crippen molar-refractivity contribution in [2.24, 2.45) is 0 Å². The molecule has 0 saturated heterocycles. The van der Waals surface area contributed by atoms with Gasteiger partial charge in [-0.3, -0.25) is 4.79 Å². The molecule has 3 rings (SSSR count). The first-order chi connectivity index (χ1) is 15.3. The largest absolute Gasteiger partial charge is 0.494 e.